The second kappa shape index (κ2) is 7.45. The molecule has 1 unspecified atom stereocenters. The Balaban J connectivity index is 1.72. The number of primary amides is 1. The maximum atomic E-state index is 13.9. The van der Waals surface area contributed by atoms with E-state index in [1.807, 2.05) is 0 Å². The lowest BCUT2D eigenvalue weighted by Gasteiger charge is -2.32. The van der Waals surface area contributed by atoms with Crippen molar-refractivity contribution in [1.29, 1.82) is 0 Å². The molecule has 3 aromatic rings. The summed E-state index contributed by atoms with van der Waals surface area (Å²) in [4.78, 5) is 17.0. The first kappa shape index (κ1) is 19.9. The first-order valence-corrected chi connectivity index (χ1v) is 11.1. The van der Waals surface area contributed by atoms with Gasteiger partial charge in [-0.2, -0.15) is 4.31 Å². The highest BCUT2D eigenvalue weighted by Gasteiger charge is 2.35. The molecule has 2 aromatic heterocycles. The number of benzene rings is 1. The zero-order chi connectivity index (χ0) is 20.8. The number of hydrogen-bond donors (Lipinski definition) is 1. The van der Waals surface area contributed by atoms with Crippen LogP contribution in [0.2, 0.25) is 0 Å². The standard InChI is InChI=1S/C19H18FN3O4S2/c1-11-4-5-12(9-14(11)20)29(25,26)23-7-8-27-15(10-23)16-13-3-2-6-22-19(13)28-17(16)18(21)24/h2-6,9,15H,7-8,10H2,1H3,(H2,21,24). The van der Waals surface area contributed by atoms with Crippen LogP contribution >= 0.6 is 11.3 Å². The number of nitrogens with zero attached hydrogens (tertiary/aromatic N) is 2. The number of morpholine rings is 1. The molecule has 2 N–H and O–H groups in total. The number of carbonyl (C=O) groups is 1. The number of rotatable bonds is 4. The highest BCUT2D eigenvalue weighted by Crippen LogP contribution is 2.38. The lowest BCUT2D eigenvalue weighted by molar-refractivity contribution is -0.00189. The quantitative estimate of drug-likeness (QED) is 0.679. The van der Waals surface area contributed by atoms with Gasteiger partial charge in [0.15, 0.2) is 0 Å². The summed E-state index contributed by atoms with van der Waals surface area (Å²) < 4.78 is 47.1. The van der Waals surface area contributed by atoms with Crippen LogP contribution in [-0.4, -0.2) is 43.3 Å². The van der Waals surface area contributed by atoms with Crippen LogP contribution in [0.1, 0.15) is 26.9 Å². The molecule has 1 amide bonds. The summed E-state index contributed by atoms with van der Waals surface area (Å²) in [5.41, 5.74) is 6.45. The Labute approximate surface area is 171 Å². The number of hydrogen-bond acceptors (Lipinski definition) is 6. The predicted octanol–water partition coefficient (Wildman–Crippen LogP) is 2.60. The van der Waals surface area contributed by atoms with Crippen LogP contribution in [0, 0.1) is 12.7 Å². The van der Waals surface area contributed by atoms with E-state index in [1.54, 1.807) is 25.3 Å². The molecular formula is C19H18FN3O4S2. The second-order valence-electron chi connectivity index (χ2n) is 6.70. The Morgan fingerprint density at radius 3 is 2.90 bits per heavy atom. The largest absolute Gasteiger partial charge is 0.371 e. The average molecular weight is 436 g/mol. The third-order valence-corrected chi connectivity index (χ3v) is 7.87. The van der Waals surface area contributed by atoms with Crippen molar-refractivity contribution in [2.24, 2.45) is 5.73 Å². The van der Waals surface area contributed by atoms with E-state index in [-0.39, 0.29) is 24.6 Å². The number of nitrogens with two attached hydrogens (primary N) is 1. The highest BCUT2D eigenvalue weighted by atomic mass is 32.2. The number of aryl methyl sites for hydroxylation is 1. The van der Waals surface area contributed by atoms with Crippen LogP contribution in [0.4, 0.5) is 4.39 Å². The number of fused-ring (bicyclic) bond motifs is 1. The lowest BCUT2D eigenvalue weighted by Crippen LogP contribution is -2.42. The fourth-order valence-electron chi connectivity index (χ4n) is 3.36. The third kappa shape index (κ3) is 3.52. The maximum absolute atomic E-state index is 13.9. The molecule has 3 heterocycles. The zero-order valence-electron chi connectivity index (χ0n) is 15.5. The van der Waals surface area contributed by atoms with E-state index in [2.05, 4.69) is 4.98 Å². The van der Waals surface area contributed by atoms with Gasteiger partial charge in [-0.05, 0) is 30.7 Å². The molecule has 4 rings (SSSR count). The number of halogens is 1. The van der Waals surface area contributed by atoms with Crippen LogP contribution in [0.3, 0.4) is 0 Å². The van der Waals surface area contributed by atoms with E-state index >= 15 is 0 Å². The van der Waals surface area contributed by atoms with Gasteiger partial charge in [0.25, 0.3) is 5.91 Å². The molecule has 0 bridgehead atoms. The van der Waals surface area contributed by atoms with Gasteiger partial charge in [0.2, 0.25) is 10.0 Å². The molecule has 7 nitrogen and oxygen atoms in total. The van der Waals surface area contributed by atoms with Gasteiger partial charge in [-0.15, -0.1) is 11.3 Å². The molecule has 152 valence electrons. The van der Waals surface area contributed by atoms with Crippen molar-refractivity contribution < 1.29 is 22.3 Å². The van der Waals surface area contributed by atoms with Crippen LogP contribution in [0.5, 0.6) is 0 Å². The van der Waals surface area contributed by atoms with Gasteiger partial charge >= 0.3 is 0 Å². The molecule has 1 aliphatic rings. The summed E-state index contributed by atoms with van der Waals surface area (Å²) in [6, 6.07) is 7.37. The van der Waals surface area contributed by atoms with Crippen LogP contribution in [-0.2, 0) is 14.8 Å². The third-order valence-electron chi connectivity index (χ3n) is 4.86. The number of sulfonamides is 1. The van der Waals surface area contributed by atoms with Crippen molar-refractivity contribution >= 4 is 37.5 Å². The van der Waals surface area contributed by atoms with E-state index in [0.29, 0.717) is 26.2 Å². The van der Waals surface area contributed by atoms with Crippen LogP contribution < -0.4 is 5.73 Å². The Bertz CT molecular complexity index is 1210. The molecule has 1 saturated heterocycles. The Hall–Kier alpha value is -2.40. The molecule has 1 aromatic carbocycles. The Morgan fingerprint density at radius 2 is 2.17 bits per heavy atom. The minimum Gasteiger partial charge on any atom is -0.371 e. The summed E-state index contributed by atoms with van der Waals surface area (Å²) in [7, 11) is -3.93. The molecule has 1 atom stereocenters. The van der Waals surface area contributed by atoms with Crippen molar-refractivity contribution in [3.05, 3.63) is 58.3 Å². The monoisotopic (exact) mass is 435 g/mol. The number of pyridine rings is 1. The average Bonchev–Trinajstić information content (AvgIpc) is 3.10. The molecule has 10 heteroatoms. The van der Waals surface area contributed by atoms with E-state index in [0.717, 1.165) is 17.4 Å². The van der Waals surface area contributed by atoms with E-state index in [1.165, 1.54) is 16.4 Å². The van der Waals surface area contributed by atoms with Crippen molar-refractivity contribution in [3.63, 3.8) is 0 Å². The smallest absolute Gasteiger partial charge is 0.259 e. The minimum absolute atomic E-state index is 0.0150. The molecule has 0 saturated carbocycles. The van der Waals surface area contributed by atoms with Gasteiger partial charge in [0.05, 0.1) is 17.6 Å². The fourth-order valence-corrected chi connectivity index (χ4v) is 5.84. The maximum Gasteiger partial charge on any atom is 0.259 e. The van der Waals surface area contributed by atoms with Gasteiger partial charge in [-0.3, -0.25) is 4.79 Å². The van der Waals surface area contributed by atoms with Crippen molar-refractivity contribution in [3.8, 4) is 0 Å². The zero-order valence-corrected chi connectivity index (χ0v) is 17.1. The lowest BCUT2D eigenvalue weighted by atomic mass is 10.0. The van der Waals surface area contributed by atoms with E-state index in [4.69, 9.17) is 10.5 Å². The minimum atomic E-state index is -3.93. The summed E-state index contributed by atoms with van der Waals surface area (Å²) in [6.07, 6.45) is 0.923. The number of thiophene rings is 1. The summed E-state index contributed by atoms with van der Waals surface area (Å²) in [6.45, 7) is 1.81. The normalized spacial score (nSPS) is 18.2. The number of carbonyl (C=O) groups excluding carboxylic acids is 1. The molecular weight excluding hydrogens is 417 g/mol. The topological polar surface area (TPSA) is 103 Å². The van der Waals surface area contributed by atoms with Crippen molar-refractivity contribution in [2.45, 2.75) is 17.9 Å². The van der Waals surface area contributed by atoms with Gasteiger partial charge < -0.3 is 10.5 Å². The first-order valence-electron chi connectivity index (χ1n) is 8.84. The SMILES string of the molecule is Cc1ccc(S(=O)(=O)N2CCOC(c3c(C(N)=O)sc4ncccc34)C2)cc1F. The molecule has 0 radical (unpaired) electrons. The van der Waals surface area contributed by atoms with Gasteiger partial charge in [0.1, 0.15) is 15.5 Å². The molecule has 1 aliphatic heterocycles. The number of ether oxygens (including phenoxy) is 1. The summed E-state index contributed by atoms with van der Waals surface area (Å²) >= 11 is 1.15. The number of aromatic nitrogens is 1. The van der Waals surface area contributed by atoms with Crippen molar-refractivity contribution in [1.82, 2.24) is 9.29 Å². The molecule has 29 heavy (non-hydrogen) atoms. The second-order valence-corrected chi connectivity index (χ2v) is 9.64. The number of amides is 1. The molecule has 0 aliphatic carbocycles. The molecule has 1 fully saturated rings. The van der Waals surface area contributed by atoms with Gasteiger partial charge in [0, 0.05) is 30.2 Å². The van der Waals surface area contributed by atoms with Gasteiger partial charge in [-0.25, -0.2) is 17.8 Å². The van der Waals surface area contributed by atoms with Crippen molar-refractivity contribution in [2.75, 3.05) is 19.7 Å². The van der Waals surface area contributed by atoms with Gasteiger partial charge in [-0.1, -0.05) is 12.1 Å². The Kier molecular flexibility index (Phi) is 5.11. The van der Waals surface area contributed by atoms with Crippen LogP contribution in [0.25, 0.3) is 10.2 Å². The summed E-state index contributed by atoms with van der Waals surface area (Å²) in [5.74, 6) is -1.20. The first-order chi connectivity index (χ1) is 13.8. The highest BCUT2D eigenvalue weighted by molar-refractivity contribution is 7.89. The van der Waals surface area contributed by atoms with Crippen LogP contribution in [0.15, 0.2) is 41.4 Å². The fraction of sp³-hybridized carbons (Fsp3) is 0.263. The van der Waals surface area contributed by atoms with E-state index in [9.17, 15) is 17.6 Å². The Morgan fingerprint density at radius 1 is 1.38 bits per heavy atom. The predicted molar refractivity (Wildman–Crippen MR) is 107 cm³/mol. The summed E-state index contributed by atoms with van der Waals surface area (Å²) in [5, 5.41) is 0.705. The molecule has 0 spiro atoms. The van der Waals surface area contributed by atoms with E-state index < -0.39 is 27.9 Å².